The van der Waals surface area contributed by atoms with Gasteiger partial charge >= 0.3 is 18.1 Å². The van der Waals surface area contributed by atoms with Crippen LogP contribution in [-0.4, -0.2) is 47.4 Å². The Labute approximate surface area is 169 Å². The van der Waals surface area contributed by atoms with Gasteiger partial charge in [-0.1, -0.05) is 19.4 Å². The number of esters is 1. The van der Waals surface area contributed by atoms with Crippen LogP contribution >= 0.6 is 0 Å². The minimum absolute atomic E-state index is 0.149. The van der Waals surface area contributed by atoms with Crippen LogP contribution < -0.4 is 0 Å². The van der Waals surface area contributed by atoms with Gasteiger partial charge in [0.1, 0.15) is 6.29 Å². The Balaban J connectivity index is 2.40. The molecule has 1 saturated carbocycles. The van der Waals surface area contributed by atoms with Crippen molar-refractivity contribution in [2.75, 3.05) is 6.61 Å². The number of likely N-dealkylation sites (tertiary alicyclic amines) is 1. The first kappa shape index (κ1) is 23.4. The molecule has 0 aromatic carbocycles. The SMILES string of the molecule is CCOC(=O)/C(C)=C/C[C@H]1CCC[C@]2(CCC[C@@H]2[C@@H](C)C=O)N1C(=O)C(F)(F)F. The second kappa shape index (κ2) is 9.30. The van der Waals surface area contributed by atoms with Gasteiger partial charge in [-0.2, -0.15) is 13.2 Å². The summed E-state index contributed by atoms with van der Waals surface area (Å²) in [5.74, 6) is -3.06. The van der Waals surface area contributed by atoms with E-state index in [-0.39, 0.29) is 18.9 Å². The van der Waals surface area contributed by atoms with Crippen molar-refractivity contribution >= 4 is 18.2 Å². The lowest BCUT2D eigenvalue weighted by atomic mass is 9.71. The summed E-state index contributed by atoms with van der Waals surface area (Å²) in [6, 6.07) is -0.665. The predicted octanol–water partition coefficient (Wildman–Crippen LogP) is 4.20. The fourth-order valence-corrected chi connectivity index (χ4v) is 5.16. The minimum atomic E-state index is -4.99. The topological polar surface area (TPSA) is 63.7 Å². The molecule has 2 rings (SSSR count). The molecule has 8 heteroatoms. The molecule has 29 heavy (non-hydrogen) atoms. The first-order chi connectivity index (χ1) is 13.6. The van der Waals surface area contributed by atoms with Crippen molar-refractivity contribution in [1.29, 1.82) is 0 Å². The van der Waals surface area contributed by atoms with Crippen LogP contribution in [0.2, 0.25) is 0 Å². The first-order valence-corrected chi connectivity index (χ1v) is 10.3. The van der Waals surface area contributed by atoms with E-state index in [1.54, 1.807) is 26.8 Å². The number of carbonyl (C=O) groups excluding carboxylic acids is 3. The van der Waals surface area contributed by atoms with Gasteiger partial charge in [-0.3, -0.25) is 4.79 Å². The van der Waals surface area contributed by atoms with Crippen molar-refractivity contribution in [3.8, 4) is 0 Å². The highest BCUT2D eigenvalue weighted by Gasteiger charge is 2.58. The summed E-state index contributed by atoms with van der Waals surface area (Å²) in [5.41, 5.74) is -0.642. The molecule has 1 amide bonds. The van der Waals surface area contributed by atoms with E-state index in [1.807, 2.05) is 0 Å². The van der Waals surface area contributed by atoms with Crippen LogP contribution in [0.25, 0.3) is 0 Å². The molecule has 2 aliphatic rings. The van der Waals surface area contributed by atoms with E-state index in [0.29, 0.717) is 44.1 Å². The lowest BCUT2D eigenvalue weighted by molar-refractivity contribution is -0.201. The Morgan fingerprint density at radius 2 is 1.86 bits per heavy atom. The van der Waals surface area contributed by atoms with E-state index in [2.05, 4.69) is 0 Å². The quantitative estimate of drug-likeness (QED) is 0.369. The molecule has 0 bridgehead atoms. The number of aldehydes is 1. The molecule has 1 aliphatic carbocycles. The van der Waals surface area contributed by atoms with Gasteiger partial charge in [-0.25, -0.2) is 4.79 Å². The van der Waals surface area contributed by atoms with Crippen molar-refractivity contribution in [3.05, 3.63) is 11.6 Å². The molecule has 0 unspecified atom stereocenters. The smallest absolute Gasteiger partial charge is 0.463 e. The monoisotopic (exact) mass is 417 g/mol. The number of nitrogens with zero attached hydrogens (tertiary/aromatic N) is 1. The zero-order chi connectivity index (χ0) is 21.8. The van der Waals surface area contributed by atoms with Crippen LogP contribution in [0.3, 0.4) is 0 Å². The highest BCUT2D eigenvalue weighted by atomic mass is 19.4. The molecule has 0 aromatic rings. The summed E-state index contributed by atoms with van der Waals surface area (Å²) in [5, 5.41) is 0. The van der Waals surface area contributed by atoms with Crippen molar-refractivity contribution in [3.63, 3.8) is 0 Å². The average Bonchev–Trinajstić information content (AvgIpc) is 3.08. The maximum absolute atomic E-state index is 13.5. The Kier molecular flexibility index (Phi) is 7.51. The average molecular weight is 417 g/mol. The minimum Gasteiger partial charge on any atom is -0.463 e. The summed E-state index contributed by atoms with van der Waals surface area (Å²) in [6.07, 6.45) is 0.869. The number of hydrogen-bond acceptors (Lipinski definition) is 4. The lowest BCUT2D eigenvalue weighted by Gasteiger charge is -2.53. The Bertz CT molecular complexity index is 661. The van der Waals surface area contributed by atoms with Crippen LogP contribution in [0.5, 0.6) is 0 Å². The summed E-state index contributed by atoms with van der Waals surface area (Å²) in [7, 11) is 0. The first-order valence-electron chi connectivity index (χ1n) is 10.3. The van der Waals surface area contributed by atoms with Gasteiger partial charge < -0.3 is 14.4 Å². The number of halogens is 3. The molecule has 1 saturated heterocycles. The molecular formula is C21H30F3NO4. The van der Waals surface area contributed by atoms with Gasteiger partial charge in [0.2, 0.25) is 0 Å². The molecule has 1 heterocycles. The van der Waals surface area contributed by atoms with Gasteiger partial charge in [-0.05, 0) is 58.3 Å². The maximum Gasteiger partial charge on any atom is 0.471 e. The summed E-state index contributed by atoms with van der Waals surface area (Å²) in [6.45, 7) is 5.16. The third-order valence-corrected chi connectivity index (χ3v) is 6.41. The van der Waals surface area contributed by atoms with Crippen molar-refractivity contribution in [1.82, 2.24) is 4.90 Å². The maximum atomic E-state index is 13.5. The molecule has 2 fully saturated rings. The highest BCUT2D eigenvalue weighted by molar-refractivity contribution is 5.87. The van der Waals surface area contributed by atoms with E-state index in [1.165, 1.54) is 0 Å². The van der Waals surface area contributed by atoms with Crippen LogP contribution in [-0.2, 0) is 19.1 Å². The van der Waals surface area contributed by atoms with Gasteiger partial charge in [0.15, 0.2) is 0 Å². The zero-order valence-electron chi connectivity index (χ0n) is 17.3. The van der Waals surface area contributed by atoms with Gasteiger partial charge in [0, 0.05) is 23.1 Å². The fourth-order valence-electron chi connectivity index (χ4n) is 5.16. The Morgan fingerprint density at radius 1 is 1.24 bits per heavy atom. The summed E-state index contributed by atoms with van der Waals surface area (Å²) in [4.78, 5) is 36.8. The zero-order valence-corrected chi connectivity index (χ0v) is 17.3. The van der Waals surface area contributed by atoms with E-state index >= 15 is 0 Å². The third kappa shape index (κ3) is 4.83. The number of hydrogen-bond donors (Lipinski definition) is 0. The molecular weight excluding hydrogens is 387 g/mol. The molecule has 4 atom stereocenters. The molecule has 5 nitrogen and oxygen atoms in total. The molecule has 0 radical (unpaired) electrons. The number of rotatable bonds is 6. The van der Waals surface area contributed by atoms with E-state index in [9.17, 15) is 27.6 Å². The molecule has 1 aliphatic heterocycles. The van der Waals surface area contributed by atoms with E-state index < -0.39 is 35.6 Å². The number of carbonyl (C=O) groups is 3. The van der Waals surface area contributed by atoms with Crippen LogP contribution in [0.15, 0.2) is 11.6 Å². The molecule has 164 valence electrons. The molecule has 0 aromatic heterocycles. The van der Waals surface area contributed by atoms with E-state index in [4.69, 9.17) is 4.74 Å². The van der Waals surface area contributed by atoms with Crippen LogP contribution in [0.1, 0.15) is 65.7 Å². The Hall–Kier alpha value is -1.86. The second-order valence-corrected chi connectivity index (χ2v) is 8.16. The fraction of sp³-hybridized carbons (Fsp3) is 0.762. The predicted molar refractivity (Wildman–Crippen MR) is 101 cm³/mol. The second-order valence-electron chi connectivity index (χ2n) is 8.16. The Morgan fingerprint density at radius 3 is 2.41 bits per heavy atom. The summed E-state index contributed by atoms with van der Waals surface area (Å²) < 4.78 is 45.5. The highest BCUT2D eigenvalue weighted by Crippen LogP contribution is 2.52. The lowest BCUT2D eigenvalue weighted by Crippen LogP contribution is -2.64. The number of ether oxygens (including phenoxy) is 1. The van der Waals surface area contributed by atoms with Crippen molar-refractivity contribution < 1.29 is 32.3 Å². The molecule has 0 N–H and O–H groups in total. The number of amides is 1. The van der Waals surface area contributed by atoms with Gasteiger partial charge in [0.25, 0.3) is 0 Å². The molecule has 1 spiro atoms. The van der Waals surface area contributed by atoms with Gasteiger partial charge in [-0.15, -0.1) is 0 Å². The van der Waals surface area contributed by atoms with Crippen LogP contribution in [0.4, 0.5) is 13.2 Å². The van der Waals surface area contributed by atoms with Crippen molar-refractivity contribution in [2.45, 2.75) is 83.5 Å². The number of alkyl halides is 3. The number of piperidine rings is 1. The third-order valence-electron chi connectivity index (χ3n) is 6.41. The van der Waals surface area contributed by atoms with Crippen LogP contribution in [0, 0.1) is 11.8 Å². The summed E-state index contributed by atoms with van der Waals surface area (Å²) >= 11 is 0. The largest absolute Gasteiger partial charge is 0.471 e. The van der Waals surface area contributed by atoms with E-state index in [0.717, 1.165) is 11.2 Å². The van der Waals surface area contributed by atoms with Crippen molar-refractivity contribution in [2.24, 2.45) is 11.8 Å². The normalized spacial score (nSPS) is 29.0. The van der Waals surface area contributed by atoms with Gasteiger partial charge in [0.05, 0.1) is 6.61 Å². The standard InChI is InChI=1S/C21H30F3NO4/c1-4-29-18(27)14(2)9-10-16-7-5-11-20(25(16)19(28)21(22,23)24)12-6-8-17(20)15(3)13-26/h9,13,15-17H,4-8,10-12H2,1-3H3/b14-9+/t15-,16+,17+,20+/m0/s1.